The van der Waals surface area contributed by atoms with E-state index in [1.54, 1.807) is 6.07 Å². The van der Waals surface area contributed by atoms with E-state index in [0.717, 1.165) is 18.4 Å². The Balaban J connectivity index is 1.31. The lowest BCUT2D eigenvalue weighted by atomic mass is 10.1. The second-order valence-corrected chi connectivity index (χ2v) is 6.26. The molecule has 0 atom stereocenters. The van der Waals surface area contributed by atoms with Crippen LogP contribution in [0.3, 0.4) is 0 Å². The Labute approximate surface area is 144 Å². The SMILES string of the molecule is O=C(NCCn1c(=O)oc2ccccc21)NC1Cc2ccccc2C1. The van der Waals surface area contributed by atoms with Gasteiger partial charge in [0, 0.05) is 19.1 Å². The number of carbonyl (C=O) groups excluding carboxylic acids is 1. The highest BCUT2D eigenvalue weighted by Crippen LogP contribution is 2.21. The Morgan fingerprint density at radius 3 is 2.52 bits per heavy atom. The van der Waals surface area contributed by atoms with Gasteiger partial charge < -0.3 is 15.1 Å². The molecule has 1 aliphatic carbocycles. The fourth-order valence-electron chi connectivity index (χ4n) is 3.40. The number of fused-ring (bicyclic) bond motifs is 2. The van der Waals surface area contributed by atoms with Crippen molar-refractivity contribution in [3.05, 3.63) is 70.2 Å². The van der Waals surface area contributed by atoms with Crippen LogP contribution in [0.25, 0.3) is 11.1 Å². The molecule has 1 aromatic heterocycles. The number of nitrogens with zero attached hydrogens (tertiary/aromatic N) is 1. The maximum Gasteiger partial charge on any atom is 0.420 e. The lowest BCUT2D eigenvalue weighted by molar-refractivity contribution is 0.237. The average molecular weight is 337 g/mol. The molecule has 6 heteroatoms. The minimum absolute atomic E-state index is 0.120. The topological polar surface area (TPSA) is 76.3 Å². The van der Waals surface area contributed by atoms with Gasteiger partial charge in [0.15, 0.2) is 5.58 Å². The van der Waals surface area contributed by atoms with Gasteiger partial charge in [0.1, 0.15) is 0 Å². The van der Waals surface area contributed by atoms with E-state index in [0.29, 0.717) is 18.7 Å². The van der Waals surface area contributed by atoms with E-state index in [4.69, 9.17) is 4.42 Å². The monoisotopic (exact) mass is 337 g/mol. The first-order chi connectivity index (χ1) is 12.2. The summed E-state index contributed by atoms with van der Waals surface area (Å²) in [6.07, 6.45) is 1.71. The molecule has 0 radical (unpaired) electrons. The van der Waals surface area contributed by atoms with E-state index in [-0.39, 0.29) is 12.1 Å². The van der Waals surface area contributed by atoms with Gasteiger partial charge in [0.25, 0.3) is 0 Å². The number of oxazole rings is 1. The molecule has 2 N–H and O–H groups in total. The number of urea groups is 1. The highest BCUT2D eigenvalue weighted by Gasteiger charge is 2.22. The smallest absolute Gasteiger partial charge is 0.408 e. The second-order valence-electron chi connectivity index (χ2n) is 6.26. The first-order valence-corrected chi connectivity index (χ1v) is 8.40. The molecular formula is C19H19N3O3. The van der Waals surface area contributed by atoms with Gasteiger partial charge >= 0.3 is 11.8 Å². The predicted octanol–water partition coefficient (Wildman–Crippen LogP) is 2.06. The predicted molar refractivity (Wildman–Crippen MR) is 94.6 cm³/mol. The summed E-state index contributed by atoms with van der Waals surface area (Å²) in [5, 5.41) is 5.81. The summed E-state index contributed by atoms with van der Waals surface area (Å²) in [5.74, 6) is -0.408. The van der Waals surface area contributed by atoms with Gasteiger partial charge in [-0.05, 0) is 36.1 Å². The van der Waals surface area contributed by atoms with Gasteiger partial charge in [-0.2, -0.15) is 0 Å². The maximum absolute atomic E-state index is 12.1. The van der Waals surface area contributed by atoms with Crippen molar-refractivity contribution < 1.29 is 9.21 Å². The van der Waals surface area contributed by atoms with Crippen LogP contribution in [0.4, 0.5) is 4.79 Å². The molecule has 3 aromatic rings. The Morgan fingerprint density at radius 1 is 1.08 bits per heavy atom. The summed E-state index contributed by atoms with van der Waals surface area (Å²) in [5.41, 5.74) is 3.88. The normalized spacial score (nSPS) is 13.8. The Kier molecular flexibility index (Phi) is 4.01. The third kappa shape index (κ3) is 3.15. The number of nitrogens with one attached hydrogen (secondary N) is 2. The van der Waals surface area contributed by atoms with Crippen LogP contribution in [-0.2, 0) is 19.4 Å². The molecule has 0 fully saturated rings. The highest BCUT2D eigenvalue weighted by molar-refractivity contribution is 5.74. The summed E-state index contributed by atoms with van der Waals surface area (Å²) >= 11 is 0. The Hall–Kier alpha value is -3.02. The molecule has 1 heterocycles. The third-order valence-electron chi connectivity index (χ3n) is 4.58. The van der Waals surface area contributed by atoms with Crippen LogP contribution in [0.15, 0.2) is 57.7 Å². The van der Waals surface area contributed by atoms with E-state index < -0.39 is 5.76 Å². The van der Waals surface area contributed by atoms with Crippen molar-refractivity contribution in [1.29, 1.82) is 0 Å². The van der Waals surface area contributed by atoms with Crippen molar-refractivity contribution in [1.82, 2.24) is 15.2 Å². The van der Waals surface area contributed by atoms with E-state index in [1.165, 1.54) is 15.7 Å². The number of aromatic nitrogens is 1. The molecule has 2 aromatic carbocycles. The van der Waals surface area contributed by atoms with E-state index in [1.807, 2.05) is 30.3 Å². The molecule has 0 spiro atoms. The lowest BCUT2D eigenvalue weighted by Gasteiger charge is -2.13. The number of amides is 2. The van der Waals surface area contributed by atoms with Crippen LogP contribution in [0.1, 0.15) is 11.1 Å². The number of hydrogen-bond acceptors (Lipinski definition) is 3. The molecule has 0 aliphatic heterocycles. The van der Waals surface area contributed by atoms with Crippen molar-refractivity contribution in [3.63, 3.8) is 0 Å². The fraction of sp³-hybridized carbons (Fsp3) is 0.263. The highest BCUT2D eigenvalue weighted by atomic mass is 16.4. The first-order valence-electron chi connectivity index (χ1n) is 8.40. The number of para-hydroxylation sites is 2. The number of carbonyl (C=O) groups is 1. The van der Waals surface area contributed by atoms with Gasteiger partial charge in [0.05, 0.1) is 5.52 Å². The van der Waals surface area contributed by atoms with Gasteiger partial charge in [0.2, 0.25) is 0 Å². The molecule has 0 saturated carbocycles. The molecule has 6 nitrogen and oxygen atoms in total. The second kappa shape index (κ2) is 6.47. The van der Waals surface area contributed by atoms with Crippen LogP contribution in [0.2, 0.25) is 0 Å². The first kappa shape index (κ1) is 15.5. The molecule has 1 aliphatic rings. The number of rotatable bonds is 4. The molecule has 2 amide bonds. The lowest BCUT2D eigenvalue weighted by Crippen LogP contribution is -2.43. The van der Waals surface area contributed by atoms with Crippen molar-refractivity contribution >= 4 is 17.1 Å². The molecule has 0 unspecified atom stereocenters. The van der Waals surface area contributed by atoms with Crippen molar-refractivity contribution in [2.24, 2.45) is 0 Å². The fourth-order valence-corrected chi connectivity index (χ4v) is 3.40. The van der Waals surface area contributed by atoms with Crippen molar-refractivity contribution in [2.75, 3.05) is 6.54 Å². The Morgan fingerprint density at radius 2 is 1.76 bits per heavy atom. The molecule has 0 saturated heterocycles. The van der Waals surface area contributed by atoms with E-state index >= 15 is 0 Å². The standard InChI is InChI=1S/C19H19N3O3/c23-18(21-15-11-13-5-1-2-6-14(13)12-15)20-9-10-22-16-7-3-4-8-17(16)25-19(22)24/h1-8,15H,9-12H2,(H2,20,21,23). The summed E-state index contributed by atoms with van der Waals surface area (Å²) in [6, 6.07) is 15.4. The summed E-state index contributed by atoms with van der Waals surface area (Å²) < 4.78 is 6.71. The summed E-state index contributed by atoms with van der Waals surface area (Å²) in [6.45, 7) is 0.725. The largest absolute Gasteiger partial charge is 0.420 e. The van der Waals surface area contributed by atoms with Crippen LogP contribution in [0.5, 0.6) is 0 Å². The van der Waals surface area contributed by atoms with Crippen LogP contribution in [0, 0.1) is 0 Å². The van der Waals surface area contributed by atoms with Gasteiger partial charge in [-0.25, -0.2) is 9.59 Å². The van der Waals surface area contributed by atoms with E-state index in [2.05, 4.69) is 22.8 Å². The zero-order chi connectivity index (χ0) is 17.2. The Bertz CT molecular complexity index is 948. The minimum Gasteiger partial charge on any atom is -0.408 e. The van der Waals surface area contributed by atoms with Crippen LogP contribution in [-0.4, -0.2) is 23.2 Å². The minimum atomic E-state index is -0.408. The average Bonchev–Trinajstić information content (AvgIpc) is 3.15. The molecule has 0 bridgehead atoms. The maximum atomic E-state index is 12.1. The molecular weight excluding hydrogens is 318 g/mol. The zero-order valence-corrected chi connectivity index (χ0v) is 13.7. The van der Waals surface area contributed by atoms with Crippen LogP contribution >= 0.6 is 0 Å². The third-order valence-corrected chi connectivity index (χ3v) is 4.58. The van der Waals surface area contributed by atoms with Gasteiger partial charge in [-0.15, -0.1) is 0 Å². The van der Waals surface area contributed by atoms with Gasteiger partial charge in [-0.3, -0.25) is 4.57 Å². The number of benzene rings is 2. The quantitative estimate of drug-likeness (QED) is 0.765. The van der Waals surface area contributed by atoms with Gasteiger partial charge in [-0.1, -0.05) is 36.4 Å². The molecule has 128 valence electrons. The van der Waals surface area contributed by atoms with Crippen molar-refractivity contribution in [2.45, 2.75) is 25.4 Å². The summed E-state index contributed by atoms with van der Waals surface area (Å²) in [7, 11) is 0. The van der Waals surface area contributed by atoms with Crippen LogP contribution < -0.4 is 16.4 Å². The van der Waals surface area contributed by atoms with E-state index in [9.17, 15) is 9.59 Å². The molecule has 25 heavy (non-hydrogen) atoms. The molecule has 4 rings (SSSR count). The zero-order valence-electron chi connectivity index (χ0n) is 13.7. The van der Waals surface area contributed by atoms with Crippen molar-refractivity contribution in [3.8, 4) is 0 Å². The summed E-state index contributed by atoms with van der Waals surface area (Å²) in [4.78, 5) is 24.0. The number of hydrogen-bond donors (Lipinski definition) is 2.